The van der Waals surface area contributed by atoms with E-state index in [2.05, 4.69) is 5.10 Å². The van der Waals surface area contributed by atoms with E-state index in [4.69, 9.17) is 13.7 Å². The third-order valence-electron chi connectivity index (χ3n) is 3.50. The number of rotatable bonds is 3. The highest BCUT2D eigenvalue weighted by atomic mass is 19.1. The number of anilines is 1. The number of hydrogen-bond donors (Lipinski definition) is 1. The molecule has 1 aliphatic rings. The Morgan fingerprint density at radius 3 is 2.84 bits per heavy atom. The Labute approximate surface area is 112 Å². The molecule has 0 saturated carbocycles. The lowest BCUT2D eigenvalue weighted by atomic mass is 10.0. The first-order chi connectivity index (χ1) is 8.91. The zero-order valence-corrected chi connectivity index (χ0v) is 11.1. The fourth-order valence-electron chi connectivity index (χ4n) is 2.50. The van der Waals surface area contributed by atoms with Gasteiger partial charge < -0.3 is 15.4 Å². The second-order valence-electron chi connectivity index (χ2n) is 4.88. The minimum Gasteiger partial charge on any atom is -0.364 e. The average Bonchev–Trinajstić information content (AvgIpc) is 2.64. The van der Waals surface area contributed by atoms with E-state index in [1.807, 2.05) is 0 Å². The van der Waals surface area contributed by atoms with Crippen LogP contribution in [0.25, 0.3) is 0 Å². The van der Waals surface area contributed by atoms with Crippen LogP contribution in [-0.4, -0.2) is 54.7 Å². The molecule has 0 spiro atoms. The summed E-state index contributed by atoms with van der Waals surface area (Å²) in [6.45, 7) is 1.48. The van der Waals surface area contributed by atoms with Crippen molar-refractivity contribution in [1.29, 1.82) is 0 Å². The van der Waals surface area contributed by atoms with Crippen molar-refractivity contribution in [3.8, 4) is 0 Å². The third kappa shape index (κ3) is 2.58. The van der Waals surface area contributed by atoms with Crippen molar-refractivity contribution in [3.63, 3.8) is 0 Å². The second-order valence-corrected chi connectivity index (χ2v) is 4.88. The molecule has 2 heterocycles. The van der Waals surface area contributed by atoms with Crippen molar-refractivity contribution in [2.45, 2.75) is 18.9 Å². The van der Waals surface area contributed by atoms with Crippen LogP contribution in [0.3, 0.4) is 0 Å². The summed E-state index contributed by atoms with van der Waals surface area (Å²) in [5, 5.41) is 3.83. The van der Waals surface area contributed by atoms with Crippen LogP contribution in [0.15, 0.2) is 0 Å². The Hall–Kier alpha value is -1.57. The number of aryl methyl sites for hydroxylation is 1. The first kappa shape index (κ1) is 13.9. The van der Waals surface area contributed by atoms with E-state index in [-0.39, 0.29) is 17.6 Å². The molecule has 1 aliphatic heterocycles. The molecule has 1 atom stereocenters. The molecule has 0 unspecified atom stereocenters. The Kier molecular flexibility index (Phi) is 3.79. The van der Waals surface area contributed by atoms with Crippen molar-refractivity contribution in [2.24, 2.45) is 12.8 Å². The van der Waals surface area contributed by atoms with Gasteiger partial charge in [0, 0.05) is 26.7 Å². The number of amides is 1. The summed E-state index contributed by atoms with van der Waals surface area (Å²) in [5.41, 5.74) is 4.77. The second kappa shape index (κ2) is 5.20. The van der Waals surface area contributed by atoms with Crippen LogP contribution in [0.1, 0.15) is 23.3 Å². The maximum absolute atomic E-state index is 14.2. The standard InChI is InChI=1S/C11H17BFN5O/c1-16(7-4-3-5-18(12)6-7)11-8(13)9(10(14)19)15-17(11)2/h7H,3-6H2,1-2H3,(H2,14,19)/t7-/m0/s1. The predicted octanol–water partition coefficient (Wildman–Crippen LogP) is -0.358. The number of hydrogen-bond acceptors (Lipinski definition) is 4. The van der Waals surface area contributed by atoms with Crippen LogP contribution in [0.2, 0.25) is 0 Å². The smallest absolute Gasteiger partial charge is 0.272 e. The van der Waals surface area contributed by atoms with E-state index in [1.165, 1.54) is 4.68 Å². The minimum absolute atomic E-state index is 0.0874. The number of halogens is 1. The van der Waals surface area contributed by atoms with Crippen molar-refractivity contribution in [2.75, 3.05) is 25.0 Å². The topological polar surface area (TPSA) is 67.4 Å². The molecule has 0 bridgehead atoms. The zero-order chi connectivity index (χ0) is 14.2. The molecule has 1 fully saturated rings. The van der Waals surface area contributed by atoms with Gasteiger partial charge in [-0.1, -0.05) is 0 Å². The van der Waals surface area contributed by atoms with Gasteiger partial charge in [0.2, 0.25) is 0 Å². The molecular formula is C11H17BFN5O. The highest BCUT2D eigenvalue weighted by Gasteiger charge is 2.28. The highest BCUT2D eigenvalue weighted by molar-refractivity contribution is 6.04. The summed E-state index contributed by atoms with van der Waals surface area (Å²) in [5.74, 6) is -1.28. The van der Waals surface area contributed by atoms with Gasteiger partial charge in [0.1, 0.15) is 0 Å². The third-order valence-corrected chi connectivity index (χ3v) is 3.50. The van der Waals surface area contributed by atoms with Gasteiger partial charge in [-0.2, -0.15) is 5.10 Å². The number of carbonyl (C=O) groups is 1. The maximum atomic E-state index is 14.2. The van der Waals surface area contributed by atoms with Gasteiger partial charge in [-0.25, -0.2) is 9.07 Å². The fraction of sp³-hybridized carbons (Fsp3) is 0.636. The lowest BCUT2D eigenvalue weighted by Gasteiger charge is -2.37. The van der Waals surface area contributed by atoms with Gasteiger partial charge in [0.25, 0.3) is 5.91 Å². The van der Waals surface area contributed by atoms with Crippen molar-refractivity contribution in [3.05, 3.63) is 11.5 Å². The molecule has 2 rings (SSSR count). The summed E-state index contributed by atoms with van der Waals surface area (Å²) in [4.78, 5) is 14.6. The van der Waals surface area contributed by atoms with Gasteiger partial charge in [0.05, 0.1) is 0 Å². The largest absolute Gasteiger partial charge is 0.364 e. The lowest BCUT2D eigenvalue weighted by Crippen LogP contribution is -2.46. The van der Waals surface area contributed by atoms with Crippen LogP contribution < -0.4 is 10.6 Å². The molecule has 2 radical (unpaired) electrons. The van der Waals surface area contributed by atoms with Crippen LogP contribution in [0.4, 0.5) is 10.2 Å². The first-order valence-electron chi connectivity index (χ1n) is 6.16. The van der Waals surface area contributed by atoms with Crippen LogP contribution in [0, 0.1) is 5.82 Å². The molecule has 1 aromatic heterocycles. The Morgan fingerprint density at radius 1 is 1.63 bits per heavy atom. The number of likely N-dealkylation sites (N-methyl/N-ethyl adjacent to an activating group) is 1. The molecule has 8 heteroatoms. The predicted molar refractivity (Wildman–Crippen MR) is 70.4 cm³/mol. The van der Waals surface area contributed by atoms with Gasteiger partial charge in [-0.3, -0.25) is 4.79 Å². The SMILES string of the molecule is [B]N1CCC[C@H](N(C)c2c(F)c(C(N)=O)nn2C)C1. The van der Waals surface area contributed by atoms with Crippen molar-refractivity contribution < 1.29 is 9.18 Å². The first-order valence-corrected chi connectivity index (χ1v) is 6.16. The summed E-state index contributed by atoms with van der Waals surface area (Å²) in [6.07, 6.45) is 1.87. The van der Waals surface area contributed by atoms with E-state index in [0.717, 1.165) is 19.4 Å². The van der Waals surface area contributed by atoms with Crippen LogP contribution >= 0.6 is 0 Å². The lowest BCUT2D eigenvalue weighted by molar-refractivity contribution is 0.0991. The van der Waals surface area contributed by atoms with Crippen molar-refractivity contribution >= 4 is 19.7 Å². The normalized spacial score (nSPS) is 20.5. The number of nitrogens with two attached hydrogens (primary N) is 1. The summed E-state index contributed by atoms with van der Waals surface area (Å²) in [6, 6.07) is 0.0874. The summed E-state index contributed by atoms with van der Waals surface area (Å²) >= 11 is 0. The molecule has 6 nitrogen and oxygen atoms in total. The van der Waals surface area contributed by atoms with E-state index in [1.54, 1.807) is 23.8 Å². The van der Waals surface area contributed by atoms with Gasteiger partial charge >= 0.3 is 0 Å². The monoisotopic (exact) mass is 265 g/mol. The number of carbonyl (C=O) groups excluding carboxylic acids is 1. The van der Waals surface area contributed by atoms with E-state index in [9.17, 15) is 9.18 Å². The van der Waals surface area contributed by atoms with Gasteiger partial charge in [-0.05, 0) is 19.4 Å². The number of nitrogens with zero attached hydrogens (tertiary/aromatic N) is 4. The number of piperidine rings is 1. The molecule has 1 amide bonds. The van der Waals surface area contributed by atoms with Gasteiger partial charge in [0.15, 0.2) is 25.3 Å². The minimum atomic E-state index is -0.864. The summed E-state index contributed by atoms with van der Waals surface area (Å²) in [7, 11) is 9.15. The van der Waals surface area contributed by atoms with E-state index < -0.39 is 11.7 Å². The Bertz CT molecular complexity index is 492. The summed E-state index contributed by atoms with van der Waals surface area (Å²) < 4.78 is 15.5. The molecule has 0 aromatic carbocycles. The van der Waals surface area contributed by atoms with E-state index in [0.29, 0.717) is 6.54 Å². The molecule has 1 saturated heterocycles. The van der Waals surface area contributed by atoms with Crippen LogP contribution in [0.5, 0.6) is 0 Å². The molecule has 2 N–H and O–H groups in total. The average molecular weight is 265 g/mol. The van der Waals surface area contributed by atoms with Gasteiger partial charge in [-0.15, -0.1) is 0 Å². The van der Waals surface area contributed by atoms with Crippen molar-refractivity contribution in [1.82, 2.24) is 14.6 Å². The van der Waals surface area contributed by atoms with E-state index >= 15 is 0 Å². The molecule has 102 valence electrons. The Balaban J connectivity index is 2.28. The highest BCUT2D eigenvalue weighted by Crippen LogP contribution is 2.25. The maximum Gasteiger partial charge on any atom is 0.272 e. The molecule has 1 aromatic rings. The fourth-order valence-corrected chi connectivity index (χ4v) is 2.50. The molecule has 0 aliphatic carbocycles. The Morgan fingerprint density at radius 2 is 2.32 bits per heavy atom. The quantitative estimate of drug-likeness (QED) is 0.758. The number of aromatic nitrogens is 2. The number of primary amides is 1. The molecular weight excluding hydrogens is 248 g/mol. The molecule has 19 heavy (non-hydrogen) atoms. The zero-order valence-electron chi connectivity index (χ0n) is 11.1. The van der Waals surface area contributed by atoms with Crippen LogP contribution in [-0.2, 0) is 7.05 Å².